The van der Waals surface area contributed by atoms with Crippen LogP contribution >= 0.6 is 11.6 Å². The van der Waals surface area contributed by atoms with E-state index in [-0.39, 0.29) is 5.82 Å². The average molecular weight is 200 g/mol. The van der Waals surface area contributed by atoms with Crippen LogP contribution in [0.25, 0.3) is 0 Å². The lowest BCUT2D eigenvalue weighted by Crippen LogP contribution is -2.01. The van der Waals surface area contributed by atoms with E-state index in [1.54, 1.807) is 6.07 Å². The molecule has 13 heavy (non-hydrogen) atoms. The van der Waals surface area contributed by atoms with Gasteiger partial charge in [-0.05, 0) is 18.2 Å². The van der Waals surface area contributed by atoms with Crippen LogP contribution in [-0.4, -0.2) is 19.0 Å². The van der Waals surface area contributed by atoms with Gasteiger partial charge in [-0.15, -0.1) is 0 Å². The van der Waals surface area contributed by atoms with E-state index >= 15 is 0 Å². The fourth-order valence-corrected chi connectivity index (χ4v) is 1.41. The zero-order valence-electron chi connectivity index (χ0n) is 6.76. The molecule has 1 aromatic rings. The van der Waals surface area contributed by atoms with Crippen LogP contribution in [0.4, 0.5) is 4.39 Å². The van der Waals surface area contributed by atoms with Crippen LogP contribution in [0.5, 0.6) is 0 Å². The highest BCUT2D eigenvalue weighted by Gasteiger charge is 2.13. The molecule has 0 amide bonds. The largest absolute Gasteiger partial charge is 0.475 e. The number of halogens is 2. The molecular formula is C9H7ClFNO. The lowest BCUT2D eigenvalue weighted by molar-refractivity contribution is 0.348. The van der Waals surface area contributed by atoms with E-state index in [2.05, 4.69) is 4.99 Å². The van der Waals surface area contributed by atoms with E-state index in [4.69, 9.17) is 16.3 Å². The summed E-state index contributed by atoms with van der Waals surface area (Å²) < 4.78 is 17.9. The first kappa shape index (κ1) is 8.51. The fraction of sp³-hybridized carbons (Fsp3) is 0.222. The number of aliphatic imine (C=N–C) groups is 1. The molecule has 4 heteroatoms. The van der Waals surface area contributed by atoms with Crippen molar-refractivity contribution in [2.24, 2.45) is 4.99 Å². The molecule has 0 atom stereocenters. The molecule has 1 aliphatic heterocycles. The molecule has 0 spiro atoms. The third kappa shape index (κ3) is 1.65. The molecule has 0 aliphatic carbocycles. The summed E-state index contributed by atoms with van der Waals surface area (Å²) in [5.41, 5.74) is 0.653. The number of hydrogen-bond acceptors (Lipinski definition) is 2. The highest BCUT2D eigenvalue weighted by Crippen LogP contribution is 2.19. The van der Waals surface area contributed by atoms with Crippen molar-refractivity contribution in [1.29, 1.82) is 0 Å². The first-order valence-corrected chi connectivity index (χ1v) is 4.28. The van der Waals surface area contributed by atoms with Crippen LogP contribution < -0.4 is 0 Å². The summed E-state index contributed by atoms with van der Waals surface area (Å²) in [5, 5.41) is 0.334. The maximum absolute atomic E-state index is 12.7. The van der Waals surface area contributed by atoms with Crippen molar-refractivity contribution in [2.45, 2.75) is 0 Å². The van der Waals surface area contributed by atoms with E-state index in [9.17, 15) is 4.39 Å². The van der Waals surface area contributed by atoms with Gasteiger partial charge in [0, 0.05) is 0 Å². The molecule has 2 rings (SSSR count). The average Bonchev–Trinajstić information content (AvgIpc) is 2.56. The standard InChI is InChI=1S/C9H7ClFNO/c10-8-5-6(11)1-2-7(8)9-12-3-4-13-9/h1-2,5H,3-4H2. The zero-order valence-corrected chi connectivity index (χ0v) is 7.51. The van der Waals surface area contributed by atoms with Gasteiger partial charge < -0.3 is 4.74 Å². The Balaban J connectivity index is 2.40. The highest BCUT2D eigenvalue weighted by atomic mass is 35.5. The van der Waals surface area contributed by atoms with Crippen LogP contribution in [0.1, 0.15) is 5.56 Å². The lowest BCUT2D eigenvalue weighted by Gasteiger charge is -2.03. The van der Waals surface area contributed by atoms with Gasteiger partial charge >= 0.3 is 0 Å². The predicted octanol–water partition coefficient (Wildman–Crippen LogP) is 2.26. The van der Waals surface area contributed by atoms with E-state index in [0.29, 0.717) is 29.6 Å². The Morgan fingerprint density at radius 3 is 2.92 bits per heavy atom. The van der Waals surface area contributed by atoms with Crippen LogP contribution in [-0.2, 0) is 4.74 Å². The van der Waals surface area contributed by atoms with Gasteiger partial charge in [0.1, 0.15) is 12.4 Å². The molecule has 68 valence electrons. The molecule has 0 radical (unpaired) electrons. The molecule has 2 nitrogen and oxygen atoms in total. The molecule has 1 heterocycles. The Morgan fingerprint density at radius 2 is 2.31 bits per heavy atom. The summed E-state index contributed by atoms with van der Waals surface area (Å²) in [7, 11) is 0. The minimum atomic E-state index is -0.354. The number of benzene rings is 1. The smallest absolute Gasteiger partial charge is 0.217 e. The lowest BCUT2D eigenvalue weighted by atomic mass is 10.2. The first-order chi connectivity index (χ1) is 6.27. The van der Waals surface area contributed by atoms with Crippen molar-refractivity contribution in [3.8, 4) is 0 Å². The summed E-state index contributed by atoms with van der Waals surface area (Å²) in [6, 6.07) is 4.16. The summed E-state index contributed by atoms with van der Waals surface area (Å²) in [4.78, 5) is 4.08. The minimum Gasteiger partial charge on any atom is -0.475 e. The Hall–Kier alpha value is -1.09. The number of nitrogens with zero attached hydrogens (tertiary/aromatic N) is 1. The van der Waals surface area contributed by atoms with Gasteiger partial charge in [-0.2, -0.15) is 0 Å². The second-order valence-corrected chi connectivity index (χ2v) is 3.07. The second kappa shape index (κ2) is 3.34. The maximum Gasteiger partial charge on any atom is 0.217 e. The molecule has 1 aliphatic rings. The second-order valence-electron chi connectivity index (χ2n) is 2.66. The van der Waals surface area contributed by atoms with Crippen molar-refractivity contribution >= 4 is 17.5 Å². The third-order valence-electron chi connectivity index (χ3n) is 1.75. The van der Waals surface area contributed by atoms with Gasteiger partial charge in [-0.1, -0.05) is 11.6 Å². The van der Waals surface area contributed by atoms with Crippen molar-refractivity contribution in [3.63, 3.8) is 0 Å². The van der Waals surface area contributed by atoms with Gasteiger partial charge in [0.15, 0.2) is 0 Å². The molecule has 1 aromatic carbocycles. The molecule has 0 unspecified atom stereocenters. The van der Waals surface area contributed by atoms with Crippen molar-refractivity contribution in [3.05, 3.63) is 34.6 Å². The van der Waals surface area contributed by atoms with Crippen LogP contribution in [0.2, 0.25) is 5.02 Å². The van der Waals surface area contributed by atoms with Crippen molar-refractivity contribution in [1.82, 2.24) is 0 Å². The van der Waals surface area contributed by atoms with Gasteiger partial charge in [0.25, 0.3) is 0 Å². The quantitative estimate of drug-likeness (QED) is 0.680. The van der Waals surface area contributed by atoms with Crippen molar-refractivity contribution in [2.75, 3.05) is 13.2 Å². The summed E-state index contributed by atoms with van der Waals surface area (Å²) >= 11 is 5.81. The molecule has 0 fully saturated rings. The maximum atomic E-state index is 12.7. The van der Waals surface area contributed by atoms with Crippen LogP contribution in [0, 0.1) is 5.82 Å². The van der Waals surface area contributed by atoms with Gasteiger partial charge in [-0.25, -0.2) is 9.38 Å². The Kier molecular flexibility index (Phi) is 2.19. The summed E-state index contributed by atoms with van der Waals surface area (Å²) in [6.07, 6.45) is 0. The number of hydrogen-bond donors (Lipinski definition) is 0. The highest BCUT2D eigenvalue weighted by molar-refractivity contribution is 6.33. The summed E-state index contributed by atoms with van der Waals surface area (Å²) in [6.45, 7) is 1.21. The fourth-order valence-electron chi connectivity index (χ4n) is 1.16. The van der Waals surface area contributed by atoms with E-state index in [1.165, 1.54) is 12.1 Å². The summed E-state index contributed by atoms with van der Waals surface area (Å²) in [5.74, 6) is 0.150. The molecular weight excluding hydrogens is 193 g/mol. The van der Waals surface area contributed by atoms with Gasteiger partial charge in [0.2, 0.25) is 5.90 Å². The van der Waals surface area contributed by atoms with E-state index in [0.717, 1.165) is 0 Å². The Bertz CT molecular complexity index is 365. The van der Waals surface area contributed by atoms with E-state index < -0.39 is 0 Å². The topological polar surface area (TPSA) is 21.6 Å². The van der Waals surface area contributed by atoms with Gasteiger partial charge in [-0.3, -0.25) is 0 Å². The van der Waals surface area contributed by atoms with Gasteiger partial charge in [0.05, 0.1) is 17.1 Å². The Morgan fingerprint density at radius 1 is 1.46 bits per heavy atom. The van der Waals surface area contributed by atoms with E-state index in [1.807, 2.05) is 0 Å². The zero-order chi connectivity index (χ0) is 9.26. The number of ether oxygens (including phenoxy) is 1. The normalized spacial score (nSPS) is 15.4. The SMILES string of the molecule is Fc1ccc(C2=NCCO2)c(Cl)c1. The van der Waals surface area contributed by atoms with Crippen LogP contribution in [0.15, 0.2) is 23.2 Å². The molecule has 0 saturated heterocycles. The minimum absolute atomic E-state index is 0.334. The Labute approximate surface area is 80.0 Å². The monoisotopic (exact) mass is 199 g/mol. The molecule has 0 aromatic heterocycles. The molecule has 0 bridgehead atoms. The first-order valence-electron chi connectivity index (χ1n) is 3.90. The predicted molar refractivity (Wildman–Crippen MR) is 48.8 cm³/mol. The number of rotatable bonds is 1. The molecule has 0 N–H and O–H groups in total. The van der Waals surface area contributed by atoms with Crippen molar-refractivity contribution < 1.29 is 9.13 Å². The molecule has 0 saturated carbocycles. The third-order valence-corrected chi connectivity index (χ3v) is 2.06. The van der Waals surface area contributed by atoms with Crippen LogP contribution in [0.3, 0.4) is 0 Å².